The molecule has 5 heteroatoms. The molecule has 28 heavy (non-hydrogen) atoms. The van der Waals surface area contributed by atoms with Gasteiger partial charge in [-0.2, -0.15) is 5.26 Å². The van der Waals surface area contributed by atoms with E-state index in [1.54, 1.807) is 12.0 Å². The Labute approximate surface area is 165 Å². The normalized spacial score (nSPS) is 24.0. The maximum absolute atomic E-state index is 12.8. The molecule has 2 aromatic rings. The third kappa shape index (κ3) is 2.94. The van der Waals surface area contributed by atoms with Gasteiger partial charge in [-0.25, -0.2) is 0 Å². The van der Waals surface area contributed by atoms with Crippen molar-refractivity contribution in [3.05, 3.63) is 54.1 Å². The van der Waals surface area contributed by atoms with Crippen LogP contribution >= 0.6 is 0 Å². The molecule has 1 N–H and O–H groups in total. The molecular weight excluding hydrogens is 352 g/mol. The van der Waals surface area contributed by atoms with Gasteiger partial charge in [0.05, 0.1) is 25.8 Å². The number of nitriles is 1. The summed E-state index contributed by atoms with van der Waals surface area (Å²) in [4.78, 5) is 14.4. The van der Waals surface area contributed by atoms with Crippen LogP contribution in [0.3, 0.4) is 0 Å². The van der Waals surface area contributed by atoms with Crippen LogP contribution in [0.5, 0.6) is 5.75 Å². The van der Waals surface area contributed by atoms with Crippen molar-refractivity contribution < 1.29 is 14.6 Å². The SMILES string of the molecule is COc1ccc(-c2ccccc2[C@H]2[C@@H](C#N)N(C(=O)C3CCC3)[C@H]2CO)cc1. The van der Waals surface area contributed by atoms with E-state index < -0.39 is 6.04 Å². The van der Waals surface area contributed by atoms with E-state index in [0.717, 1.165) is 41.7 Å². The number of carbonyl (C=O) groups is 1. The quantitative estimate of drug-likeness (QED) is 0.869. The van der Waals surface area contributed by atoms with Gasteiger partial charge in [0.2, 0.25) is 5.91 Å². The molecule has 2 aromatic carbocycles. The average molecular weight is 376 g/mol. The molecule has 3 atom stereocenters. The Morgan fingerprint density at radius 3 is 2.50 bits per heavy atom. The highest BCUT2D eigenvalue weighted by atomic mass is 16.5. The Balaban J connectivity index is 1.68. The summed E-state index contributed by atoms with van der Waals surface area (Å²) in [6.45, 7) is -0.141. The summed E-state index contributed by atoms with van der Waals surface area (Å²) < 4.78 is 5.24. The van der Waals surface area contributed by atoms with E-state index >= 15 is 0 Å². The van der Waals surface area contributed by atoms with Crippen molar-refractivity contribution in [2.75, 3.05) is 13.7 Å². The number of aliphatic hydroxyl groups is 1. The third-order valence-corrected chi connectivity index (χ3v) is 6.16. The first-order chi connectivity index (χ1) is 13.7. The second kappa shape index (κ2) is 7.65. The zero-order valence-corrected chi connectivity index (χ0v) is 15.9. The Morgan fingerprint density at radius 2 is 1.93 bits per heavy atom. The van der Waals surface area contributed by atoms with E-state index in [1.807, 2.05) is 48.5 Å². The van der Waals surface area contributed by atoms with Crippen LogP contribution in [0.15, 0.2) is 48.5 Å². The number of carbonyl (C=O) groups excluding carboxylic acids is 1. The van der Waals surface area contributed by atoms with Crippen LogP contribution in [-0.4, -0.2) is 41.7 Å². The maximum Gasteiger partial charge on any atom is 0.227 e. The van der Waals surface area contributed by atoms with Crippen LogP contribution in [0, 0.1) is 17.2 Å². The van der Waals surface area contributed by atoms with E-state index in [4.69, 9.17) is 4.74 Å². The fraction of sp³-hybridized carbons (Fsp3) is 0.391. The van der Waals surface area contributed by atoms with Gasteiger partial charge in [-0.1, -0.05) is 42.8 Å². The summed E-state index contributed by atoms with van der Waals surface area (Å²) in [6.07, 6.45) is 2.84. The average Bonchev–Trinajstić information content (AvgIpc) is 2.67. The molecule has 0 unspecified atom stereocenters. The molecule has 0 spiro atoms. The summed E-state index contributed by atoms with van der Waals surface area (Å²) in [7, 11) is 1.63. The van der Waals surface area contributed by atoms with Gasteiger partial charge in [-0.15, -0.1) is 0 Å². The van der Waals surface area contributed by atoms with E-state index in [9.17, 15) is 15.2 Å². The number of amides is 1. The molecule has 1 amide bonds. The fourth-order valence-corrected chi connectivity index (χ4v) is 4.37. The monoisotopic (exact) mass is 376 g/mol. The van der Waals surface area contributed by atoms with Crippen molar-refractivity contribution in [2.24, 2.45) is 5.92 Å². The maximum atomic E-state index is 12.8. The molecule has 1 saturated heterocycles. The zero-order chi connectivity index (χ0) is 19.7. The smallest absolute Gasteiger partial charge is 0.227 e. The molecule has 1 saturated carbocycles. The number of aliphatic hydroxyl groups excluding tert-OH is 1. The highest BCUT2D eigenvalue weighted by molar-refractivity contribution is 5.83. The van der Waals surface area contributed by atoms with Crippen LogP contribution in [-0.2, 0) is 4.79 Å². The van der Waals surface area contributed by atoms with Crippen molar-refractivity contribution >= 4 is 5.91 Å². The number of hydrogen-bond donors (Lipinski definition) is 1. The number of rotatable bonds is 5. The minimum atomic E-state index is -0.537. The van der Waals surface area contributed by atoms with Crippen LogP contribution in [0.2, 0.25) is 0 Å². The molecule has 1 aliphatic heterocycles. The zero-order valence-electron chi connectivity index (χ0n) is 15.9. The van der Waals surface area contributed by atoms with E-state index in [2.05, 4.69) is 6.07 Å². The van der Waals surface area contributed by atoms with Crippen molar-refractivity contribution in [3.63, 3.8) is 0 Å². The highest BCUT2D eigenvalue weighted by Crippen LogP contribution is 2.46. The van der Waals surface area contributed by atoms with Gasteiger partial charge in [0.1, 0.15) is 11.8 Å². The lowest BCUT2D eigenvalue weighted by atomic mass is 9.71. The molecule has 2 fully saturated rings. The van der Waals surface area contributed by atoms with Gasteiger partial charge in [0, 0.05) is 11.8 Å². The number of likely N-dealkylation sites (tertiary alicyclic amines) is 1. The van der Waals surface area contributed by atoms with Crippen molar-refractivity contribution in [1.82, 2.24) is 4.90 Å². The lowest BCUT2D eigenvalue weighted by Gasteiger charge is -2.53. The first-order valence-corrected chi connectivity index (χ1v) is 9.75. The first-order valence-electron chi connectivity index (χ1n) is 9.75. The van der Waals surface area contributed by atoms with Crippen molar-refractivity contribution in [2.45, 2.75) is 37.3 Å². The highest BCUT2D eigenvalue weighted by Gasteiger charge is 2.53. The second-order valence-corrected chi connectivity index (χ2v) is 7.54. The Bertz CT molecular complexity index is 899. The minimum Gasteiger partial charge on any atom is -0.497 e. The number of hydrogen-bond acceptors (Lipinski definition) is 4. The Kier molecular flexibility index (Phi) is 5.06. The third-order valence-electron chi connectivity index (χ3n) is 6.16. The Morgan fingerprint density at radius 1 is 1.21 bits per heavy atom. The molecule has 1 heterocycles. The van der Waals surface area contributed by atoms with Gasteiger partial charge < -0.3 is 14.7 Å². The number of benzene rings is 2. The largest absolute Gasteiger partial charge is 0.497 e. The predicted molar refractivity (Wildman–Crippen MR) is 106 cm³/mol. The summed E-state index contributed by atoms with van der Waals surface area (Å²) in [5.74, 6) is 0.625. The molecular formula is C23H24N2O3. The molecule has 4 rings (SSSR count). The van der Waals surface area contributed by atoms with Crippen LogP contribution in [0.1, 0.15) is 30.7 Å². The van der Waals surface area contributed by atoms with Gasteiger partial charge in [-0.3, -0.25) is 4.79 Å². The second-order valence-electron chi connectivity index (χ2n) is 7.54. The van der Waals surface area contributed by atoms with Crippen molar-refractivity contribution in [1.29, 1.82) is 5.26 Å². The van der Waals surface area contributed by atoms with Gasteiger partial charge in [-0.05, 0) is 41.7 Å². The van der Waals surface area contributed by atoms with Crippen LogP contribution in [0.4, 0.5) is 0 Å². The van der Waals surface area contributed by atoms with Gasteiger partial charge >= 0.3 is 0 Å². The summed E-state index contributed by atoms with van der Waals surface area (Å²) >= 11 is 0. The van der Waals surface area contributed by atoms with E-state index in [-0.39, 0.29) is 30.4 Å². The van der Waals surface area contributed by atoms with E-state index in [0.29, 0.717) is 0 Å². The van der Waals surface area contributed by atoms with Crippen molar-refractivity contribution in [3.8, 4) is 22.9 Å². The minimum absolute atomic E-state index is 0.0164. The molecule has 0 bridgehead atoms. The predicted octanol–water partition coefficient (Wildman–Crippen LogP) is 3.34. The van der Waals surface area contributed by atoms with Gasteiger partial charge in [0.25, 0.3) is 0 Å². The lowest BCUT2D eigenvalue weighted by molar-refractivity contribution is -0.154. The fourth-order valence-electron chi connectivity index (χ4n) is 4.37. The lowest BCUT2D eigenvalue weighted by Crippen LogP contribution is -2.66. The molecule has 144 valence electrons. The standard InChI is InChI=1S/C23H24N2O3/c1-28-17-11-9-15(10-12-17)18-7-2-3-8-19(18)22-20(13-24)25(21(22)14-26)23(27)16-5-4-6-16/h2-3,7-12,16,20-22,26H,4-6,14H2,1H3/t20-,21+,22+/m1/s1. The summed E-state index contributed by atoms with van der Waals surface area (Å²) in [5, 5.41) is 19.8. The first kappa shape index (κ1) is 18.5. The summed E-state index contributed by atoms with van der Waals surface area (Å²) in [6, 6.07) is 17.2. The molecule has 0 aromatic heterocycles. The molecule has 1 aliphatic carbocycles. The number of methoxy groups -OCH3 is 1. The molecule has 5 nitrogen and oxygen atoms in total. The van der Waals surface area contributed by atoms with Crippen LogP contribution in [0.25, 0.3) is 11.1 Å². The van der Waals surface area contributed by atoms with Crippen LogP contribution < -0.4 is 4.74 Å². The molecule has 2 aliphatic rings. The summed E-state index contributed by atoms with van der Waals surface area (Å²) in [5.41, 5.74) is 3.04. The number of nitrogens with zero attached hydrogens (tertiary/aromatic N) is 2. The van der Waals surface area contributed by atoms with Gasteiger partial charge in [0.15, 0.2) is 0 Å². The van der Waals surface area contributed by atoms with E-state index in [1.165, 1.54) is 0 Å². The topological polar surface area (TPSA) is 73.6 Å². The number of ether oxygens (including phenoxy) is 1. The Hall–Kier alpha value is -2.84. The molecule has 0 radical (unpaired) electrons.